The summed E-state index contributed by atoms with van der Waals surface area (Å²) < 4.78 is 39.3. The quantitative estimate of drug-likeness (QED) is 0.303. The van der Waals surface area contributed by atoms with Crippen LogP contribution in [-0.2, 0) is 4.74 Å². The number of rotatable bonds is 7. The van der Waals surface area contributed by atoms with Crippen molar-refractivity contribution < 1.29 is 32.3 Å². The van der Waals surface area contributed by atoms with Crippen LogP contribution in [0.4, 0.5) is 8.78 Å². The second-order valence-electron chi connectivity index (χ2n) is 6.45. The Bertz CT molecular complexity index is 1220. The highest BCUT2D eigenvalue weighted by Crippen LogP contribution is 2.26. The molecule has 0 unspecified atom stereocenters. The van der Waals surface area contributed by atoms with Crippen LogP contribution in [0, 0.1) is 0 Å². The van der Waals surface area contributed by atoms with Crippen molar-refractivity contribution in [3.63, 3.8) is 0 Å². The van der Waals surface area contributed by atoms with Gasteiger partial charge in [0.05, 0.1) is 17.3 Å². The van der Waals surface area contributed by atoms with Crippen LogP contribution in [0.1, 0.15) is 20.7 Å². The number of aromatic nitrogens is 1. The van der Waals surface area contributed by atoms with E-state index < -0.39 is 25.0 Å². The Morgan fingerprint density at radius 3 is 2.48 bits per heavy atom. The fourth-order valence-electron chi connectivity index (χ4n) is 3.01. The minimum Gasteiger partial charge on any atom is -0.463 e. The fraction of sp³-hybridized carbons (Fsp3) is 0.0870. The van der Waals surface area contributed by atoms with E-state index in [1.54, 1.807) is 42.5 Å². The van der Waals surface area contributed by atoms with Gasteiger partial charge < -0.3 is 13.9 Å². The summed E-state index contributed by atoms with van der Waals surface area (Å²) in [6.07, 6.45) is 1.50. The van der Waals surface area contributed by atoms with Gasteiger partial charge in [0.1, 0.15) is 11.4 Å². The molecule has 2 heterocycles. The Hall–Kier alpha value is -4.07. The van der Waals surface area contributed by atoms with Gasteiger partial charge in [-0.05, 0) is 48.5 Å². The van der Waals surface area contributed by atoms with Gasteiger partial charge in [0.25, 0.3) is 0 Å². The van der Waals surface area contributed by atoms with Crippen molar-refractivity contribution in [1.82, 2.24) is 4.98 Å². The number of carbonyl (C=O) groups is 2. The van der Waals surface area contributed by atoms with Crippen molar-refractivity contribution in [3.8, 4) is 17.2 Å². The first-order valence-corrected chi connectivity index (χ1v) is 9.20. The maximum atomic E-state index is 12.8. The van der Waals surface area contributed by atoms with Gasteiger partial charge in [0.15, 0.2) is 18.2 Å². The lowest BCUT2D eigenvalue weighted by molar-refractivity contribution is -0.0498. The fourth-order valence-corrected chi connectivity index (χ4v) is 3.01. The van der Waals surface area contributed by atoms with E-state index >= 15 is 0 Å². The van der Waals surface area contributed by atoms with Crippen molar-refractivity contribution in [2.24, 2.45) is 0 Å². The Kier molecular flexibility index (Phi) is 5.70. The molecular formula is C23H15F2NO5. The average Bonchev–Trinajstić information content (AvgIpc) is 3.31. The molecule has 0 saturated carbocycles. The first-order valence-electron chi connectivity index (χ1n) is 9.20. The number of fused-ring (bicyclic) bond motifs is 1. The number of furan rings is 1. The highest BCUT2D eigenvalue weighted by atomic mass is 19.3. The van der Waals surface area contributed by atoms with Crippen molar-refractivity contribution in [3.05, 3.63) is 84.1 Å². The maximum absolute atomic E-state index is 12.8. The first kappa shape index (κ1) is 20.2. The zero-order valence-corrected chi connectivity index (χ0v) is 16.0. The molecule has 2 aromatic carbocycles. The molecule has 31 heavy (non-hydrogen) atoms. The van der Waals surface area contributed by atoms with E-state index in [0.717, 1.165) is 0 Å². The minimum absolute atomic E-state index is 0.0720. The highest BCUT2D eigenvalue weighted by molar-refractivity contribution is 6.06. The lowest BCUT2D eigenvalue weighted by Crippen LogP contribution is -2.15. The maximum Gasteiger partial charge on any atom is 0.387 e. The lowest BCUT2D eigenvalue weighted by atomic mass is 10.1. The smallest absolute Gasteiger partial charge is 0.387 e. The molecule has 0 saturated heterocycles. The van der Waals surface area contributed by atoms with Crippen LogP contribution in [0.15, 0.2) is 77.4 Å². The molecule has 4 aromatic rings. The Morgan fingerprint density at radius 1 is 1.00 bits per heavy atom. The molecule has 0 aliphatic heterocycles. The molecule has 156 valence electrons. The Labute approximate surface area is 175 Å². The van der Waals surface area contributed by atoms with Gasteiger partial charge in [-0.2, -0.15) is 8.78 Å². The summed E-state index contributed by atoms with van der Waals surface area (Å²) in [4.78, 5) is 29.6. The van der Waals surface area contributed by atoms with Gasteiger partial charge in [-0.3, -0.25) is 4.79 Å². The molecule has 6 nitrogen and oxygen atoms in total. The van der Waals surface area contributed by atoms with Crippen LogP contribution < -0.4 is 4.74 Å². The molecule has 8 heteroatoms. The number of Topliss-reactive ketones (excluding diaryl/α,β-unsaturated/α-hetero) is 1. The molecule has 0 aliphatic rings. The molecule has 2 aromatic heterocycles. The molecule has 0 fully saturated rings. The number of ether oxygens (including phenoxy) is 2. The van der Waals surface area contributed by atoms with E-state index in [-0.39, 0.29) is 16.9 Å². The molecule has 0 spiro atoms. The number of benzene rings is 2. The number of ketones is 1. The second-order valence-corrected chi connectivity index (χ2v) is 6.45. The van der Waals surface area contributed by atoms with Crippen LogP contribution in [-0.4, -0.2) is 30.0 Å². The molecule has 0 radical (unpaired) electrons. The van der Waals surface area contributed by atoms with Gasteiger partial charge in [-0.1, -0.05) is 18.2 Å². The number of para-hydroxylation sites is 1. The summed E-state index contributed by atoms with van der Waals surface area (Å²) in [5.41, 5.74) is 1.47. The van der Waals surface area contributed by atoms with Gasteiger partial charge in [-0.25, -0.2) is 9.78 Å². The third-order valence-corrected chi connectivity index (χ3v) is 4.45. The zero-order chi connectivity index (χ0) is 21.8. The lowest BCUT2D eigenvalue weighted by Gasteiger charge is -2.09. The predicted molar refractivity (Wildman–Crippen MR) is 107 cm³/mol. The summed E-state index contributed by atoms with van der Waals surface area (Å²) in [6, 6.07) is 17.2. The van der Waals surface area contributed by atoms with Gasteiger partial charge >= 0.3 is 12.6 Å². The molecule has 0 atom stereocenters. The van der Waals surface area contributed by atoms with Crippen LogP contribution >= 0.6 is 0 Å². The van der Waals surface area contributed by atoms with E-state index in [1.807, 2.05) is 0 Å². The first-order chi connectivity index (χ1) is 15.0. The topological polar surface area (TPSA) is 78.6 Å². The van der Waals surface area contributed by atoms with Crippen molar-refractivity contribution in [2.45, 2.75) is 6.61 Å². The minimum atomic E-state index is -2.95. The summed E-state index contributed by atoms with van der Waals surface area (Å²) in [5, 5.41) is 0.573. The average molecular weight is 423 g/mol. The van der Waals surface area contributed by atoms with Crippen LogP contribution in [0.25, 0.3) is 22.4 Å². The van der Waals surface area contributed by atoms with Gasteiger partial charge in [0, 0.05) is 10.9 Å². The molecule has 4 rings (SSSR count). The number of hydrogen-bond donors (Lipinski definition) is 0. The number of hydrogen-bond acceptors (Lipinski definition) is 6. The van der Waals surface area contributed by atoms with Gasteiger partial charge in [0.2, 0.25) is 0 Å². The largest absolute Gasteiger partial charge is 0.463 e. The summed E-state index contributed by atoms with van der Waals surface area (Å²) in [7, 11) is 0. The van der Waals surface area contributed by atoms with E-state index in [9.17, 15) is 18.4 Å². The van der Waals surface area contributed by atoms with Gasteiger partial charge in [-0.15, -0.1) is 0 Å². The Balaban J connectivity index is 1.52. The molecule has 0 bridgehead atoms. The third kappa shape index (κ3) is 4.58. The SMILES string of the molecule is O=C(COC(=O)c1cc(-c2ccco2)nc2ccccc12)c1ccc(OC(F)F)cc1. The number of carbonyl (C=O) groups excluding carboxylic acids is 2. The van der Waals surface area contributed by atoms with E-state index in [0.29, 0.717) is 22.4 Å². The van der Waals surface area contributed by atoms with E-state index in [2.05, 4.69) is 9.72 Å². The summed E-state index contributed by atoms with van der Waals surface area (Å²) >= 11 is 0. The van der Waals surface area contributed by atoms with Crippen LogP contribution in [0.2, 0.25) is 0 Å². The second kappa shape index (κ2) is 8.74. The Morgan fingerprint density at radius 2 is 1.77 bits per heavy atom. The predicted octanol–water partition coefficient (Wildman–Crippen LogP) is 5.14. The van der Waals surface area contributed by atoms with Crippen molar-refractivity contribution in [2.75, 3.05) is 6.61 Å². The summed E-state index contributed by atoms with van der Waals surface area (Å²) in [6.45, 7) is -3.47. The number of nitrogens with zero attached hydrogens (tertiary/aromatic N) is 1. The van der Waals surface area contributed by atoms with Crippen LogP contribution in [0.3, 0.4) is 0 Å². The highest BCUT2D eigenvalue weighted by Gasteiger charge is 2.18. The number of esters is 1. The zero-order valence-electron chi connectivity index (χ0n) is 16.0. The normalized spacial score (nSPS) is 10.9. The molecular weight excluding hydrogens is 408 g/mol. The third-order valence-electron chi connectivity index (χ3n) is 4.45. The van der Waals surface area contributed by atoms with E-state index in [4.69, 9.17) is 9.15 Å². The van der Waals surface area contributed by atoms with E-state index in [1.165, 1.54) is 30.5 Å². The molecule has 0 aliphatic carbocycles. The monoisotopic (exact) mass is 423 g/mol. The molecule has 0 amide bonds. The number of pyridine rings is 1. The van der Waals surface area contributed by atoms with Crippen molar-refractivity contribution >= 4 is 22.7 Å². The molecule has 0 N–H and O–H groups in total. The van der Waals surface area contributed by atoms with Crippen molar-refractivity contribution in [1.29, 1.82) is 0 Å². The number of halogens is 2. The standard InChI is InChI=1S/C23H15F2NO5/c24-23(25)31-15-9-7-14(8-10-15)20(27)13-30-22(28)17-12-19(21-6-3-11-29-21)26-18-5-2-1-4-16(17)18/h1-12,23H,13H2. The number of alkyl halides is 2. The summed E-state index contributed by atoms with van der Waals surface area (Å²) in [5.74, 6) is -0.766. The van der Waals surface area contributed by atoms with Crippen LogP contribution in [0.5, 0.6) is 5.75 Å².